The fourth-order valence-corrected chi connectivity index (χ4v) is 3.29. The number of oxime groups is 1. The SMILES string of the molecule is ClC(Cl)=CCOc1cc(Cl)c(OCCCCCCON=C2CCOCC2)c(Cl)c1. The maximum Gasteiger partial charge on any atom is 0.156 e. The van der Waals surface area contributed by atoms with Crippen LogP contribution in [0.3, 0.4) is 0 Å². The molecule has 1 saturated heterocycles. The summed E-state index contributed by atoms with van der Waals surface area (Å²) in [5.74, 6) is 0.977. The van der Waals surface area contributed by atoms with E-state index in [-0.39, 0.29) is 11.1 Å². The average Bonchev–Trinajstić information content (AvgIpc) is 2.69. The second-order valence-electron chi connectivity index (χ2n) is 6.39. The highest BCUT2D eigenvalue weighted by molar-refractivity contribution is 6.55. The normalized spacial score (nSPS) is 13.7. The van der Waals surface area contributed by atoms with Crippen molar-refractivity contribution in [3.05, 3.63) is 32.7 Å². The number of nitrogens with zero attached hydrogens (tertiary/aromatic N) is 1. The van der Waals surface area contributed by atoms with Gasteiger partial charge in [0.1, 0.15) is 23.5 Å². The molecule has 0 saturated carbocycles. The first-order valence-electron chi connectivity index (χ1n) is 9.57. The lowest BCUT2D eigenvalue weighted by Gasteiger charge is -2.13. The van der Waals surface area contributed by atoms with Crippen LogP contribution >= 0.6 is 46.4 Å². The van der Waals surface area contributed by atoms with Crippen LogP contribution < -0.4 is 9.47 Å². The summed E-state index contributed by atoms with van der Waals surface area (Å²) in [4.78, 5) is 5.37. The summed E-state index contributed by atoms with van der Waals surface area (Å²) in [6, 6.07) is 3.30. The molecule has 1 aromatic carbocycles. The Hall–Kier alpha value is -0.850. The molecule has 0 spiro atoms. The van der Waals surface area contributed by atoms with Gasteiger partial charge < -0.3 is 19.0 Å². The molecule has 0 radical (unpaired) electrons. The fourth-order valence-electron chi connectivity index (χ4n) is 2.59. The van der Waals surface area contributed by atoms with E-state index in [1.807, 2.05) is 0 Å². The summed E-state index contributed by atoms with van der Waals surface area (Å²) in [6.07, 6.45) is 7.19. The summed E-state index contributed by atoms with van der Waals surface area (Å²) in [5.41, 5.74) is 1.09. The van der Waals surface area contributed by atoms with Crippen molar-refractivity contribution < 1.29 is 19.0 Å². The minimum Gasteiger partial charge on any atom is -0.490 e. The fraction of sp³-hybridized carbons (Fsp3) is 0.550. The molecule has 0 bridgehead atoms. The molecule has 29 heavy (non-hydrogen) atoms. The Balaban J connectivity index is 1.59. The number of hydrogen-bond acceptors (Lipinski definition) is 5. The zero-order valence-electron chi connectivity index (χ0n) is 16.1. The lowest BCUT2D eigenvalue weighted by atomic mass is 10.2. The number of unbranched alkanes of at least 4 members (excludes halogenated alkanes) is 3. The molecule has 0 amide bonds. The van der Waals surface area contributed by atoms with E-state index >= 15 is 0 Å². The van der Waals surface area contributed by atoms with Gasteiger partial charge in [-0.2, -0.15) is 0 Å². The van der Waals surface area contributed by atoms with E-state index in [0.29, 0.717) is 34.8 Å². The van der Waals surface area contributed by atoms with Crippen LogP contribution in [0.15, 0.2) is 27.9 Å². The van der Waals surface area contributed by atoms with Crippen LogP contribution in [0, 0.1) is 0 Å². The van der Waals surface area contributed by atoms with E-state index in [1.54, 1.807) is 12.1 Å². The monoisotopic (exact) mass is 483 g/mol. The number of ether oxygens (including phenoxy) is 3. The molecule has 1 aromatic rings. The zero-order valence-corrected chi connectivity index (χ0v) is 19.1. The molecule has 0 aromatic heterocycles. The largest absolute Gasteiger partial charge is 0.490 e. The smallest absolute Gasteiger partial charge is 0.156 e. The number of hydrogen-bond donors (Lipinski definition) is 0. The first-order valence-corrected chi connectivity index (χ1v) is 11.1. The molecule has 162 valence electrons. The average molecular weight is 485 g/mol. The van der Waals surface area contributed by atoms with E-state index < -0.39 is 0 Å². The molecule has 5 nitrogen and oxygen atoms in total. The molecule has 2 rings (SSSR count). The minimum atomic E-state index is 0.140. The topological polar surface area (TPSA) is 49.3 Å². The lowest BCUT2D eigenvalue weighted by molar-refractivity contribution is 0.116. The van der Waals surface area contributed by atoms with Crippen LogP contribution in [0.25, 0.3) is 0 Å². The number of halogens is 4. The van der Waals surface area contributed by atoms with E-state index in [4.69, 9.17) is 65.5 Å². The summed E-state index contributed by atoms with van der Waals surface area (Å²) in [5, 5.41) is 4.96. The third-order valence-electron chi connectivity index (χ3n) is 4.10. The van der Waals surface area contributed by atoms with Crippen molar-refractivity contribution in [3.63, 3.8) is 0 Å². The molecule has 0 aliphatic carbocycles. The molecular formula is C20H25Cl4NO4. The maximum absolute atomic E-state index is 6.24. The van der Waals surface area contributed by atoms with Crippen LogP contribution in [0.2, 0.25) is 10.0 Å². The van der Waals surface area contributed by atoms with Crippen LogP contribution in [-0.2, 0) is 9.57 Å². The first-order chi connectivity index (χ1) is 14.1. The van der Waals surface area contributed by atoms with Gasteiger partial charge in [-0.25, -0.2) is 0 Å². The second kappa shape index (κ2) is 14.2. The second-order valence-corrected chi connectivity index (χ2v) is 8.21. The highest BCUT2D eigenvalue weighted by atomic mass is 35.5. The number of rotatable bonds is 12. The van der Waals surface area contributed by atoms with Crippen molar-refractivity contribution in [3.8, 4) is 11.5 Å². The van der Waals surface area contributed by atoms with E-state index in [2.05, 4.69) is 5.16 Å². The molecular weight excluding hydrogens is 460 g/mol. The van der Waals surface area contributed by atoms with Crippen LogP contribution in [-0.4, -0.2) is 38.7 Å². The van der Waals surface area contributed by atoms with Gasteiger partial charge in [0.2, 0.25) is 0 Å². The molecule has 9 heteroatoms. The van der Waals surface area contributed by atoms with Gasteiger partial charge in [-0.15, -0.1) is 0 Å². The third kappa shape index (κ3) is 10.1. The van der Waals surface area contributed by atoms with E-state index in [1.165, 1.54) is 6.08 Å². The van der Waals surface area contributed by atoms with E-state index in [9.17, 15) is 0 Å². The lowest BCUT2D eigenvalue weighted by Crippen LogP contribution is -2.15. The van der Waals surface area contributed by atoms with Gasteiger partial charge in [0, 0.05) is 25.0 Å². The van der Waals surface area contributed by atoms with Crippen molar-refractivity contribution in [2.75, 3.05) is 33.0 Å². The first kappa shape index (κ1) is 24.4. The Kier molecular flexibility index (Phi) is 12.0. The Morgan fingerprint density at radius 3 is 2.28 bits per heavy atom. The highest BCUT2D eigenvalue weighted by Crippen LogP contribution is 2.37. The van der Waals surface area contributed by atoms with E-state index in [0.717, 1.165) is 57.5 Å². The third-order valence-corrected chi connectivity index (χ3v) is 4.97. The molecule has 1 fully saturated rings. The zero-order chi connectivity index (χ0) is 20.9. The molecule has 0 unspecified atom stereocenters. The molecule has 0 atom stereocenters. The van der Waals surface area contributed by atoms with Gasteiger partial charge in [0.05, 0.1) is 35.6 Å². The summed E-state index contributed by atoms with van der Waals surface area (Å²) in [6.45, 7) is 2.88. The van der Waals surface area contributed by atoms with Crippen molar-refractivity contribution in [1.82, 2.24) is 0 Å². The standard InChI is InChI=1S/C20H25Cl4NO4/c21-17-13-16(27-12-7-19(23)24)14-18(22)20(17)28-8-3-1-2-4-9-29-25-15-5-10-26-11-6-15/h7,13-14H,1-6,8-12H2. The molecule has 1 heterocycles. The van der Waals surface area contributed by atoms with Crippen LogP contribution in [0.5, 0.6) is 11.5 Å². The molecule has 0 N–H and O–H groups in total. The van der Waals surface area contributed by atoms with Crippen molar-refractivity contribution in [2.45, 2.75) is 38.5 Å². The van der Waals surface area contributed by atoms with Gasteiger partial charge in [0.25, 0.3) is 0 Å². The van der Waals surface area contributed by atoms with Gasteiger partial charge in [-0.3, -0.25) is 0 Å². The molecule has 1 aliphatic heterocycles. The Labute approximate surface area is 191 Å². The van der Waals surface area contributed by atoms with Crippen molar-refractivity contribution in [1.29, 1.82) is 0 Å². The summed E-state index contributed by atoms with van der Waals surface area (Å²) >= 11 is 23.6. The predicted molar refractivity (Wildman–Crippen MR) is 119 cm³/mol. The molecule has 1 aliphatic rings. The van der Waals surface area contributed by atoms with Gasteiger partial charge >= 0.3 is 0 Å². The Morgan fingerprint density at radius 1 is 0.966 bits per heavy atom. The predicted octanol–water partition coefficient (Wildman–Crippen LogP) is 6.81. The quantitative estimate of drug-likeness (QED) is 0.241. The van der Waals surface area contributed by atoms with Crippen molar-refractivity contribution >= 4 is 52.1 Å². The minimum absolute atomic E-state index is 0.140. The van der Waals surface area contributed by atoms with Gasteiger partial charge in [-0.05, 0) is 31.8 Å². The Morgan fingerprint density at radius 2 is 1.62 bits per heavy atom. The van der Waals surface area contributed by atoms with Crippen LogP contribution in [0.4, 0.5) is 0 Å². The van der Waals surface area contributed by atoms with Crippen molar-refractivity contribution in [2.24, 2.45) is 5.16 Å². The Bertz CT molecular complexity index is 662. The van der Waals surface area contributed by atoms with Crippen LogP contribution in [0.1, 0.15) is 38.5 Å². The summed E-state index contributed by atoms with van der Waals surface area (Å²) in [7, 11) is 0. The number of benzene rings is 1. The van der Waals surface area contributed by atoms with Gasteiger partial charge in [-0.1, -0.05) is 51.6 Å². The maximum atomic E-state index is 6.24. The van der Waals surface area contributed by atoms with Gasteiger partial charge in [0.15, 0.2) is 5.75 Å². The highest BCUT2D eigenvalue weighted by Gasteiger charge is 2.11. The summed E-state index contributed by atoms with van der Waals surface area (Å²) < 4.78 is 16.6.